The second kappa shape index (κ2) is 9.78. The Bertz CT molecular complexity index is 1340. The van der Waals surface area contributed by atoms with Gasteiger partial charge in [-0.15, -0.1) is 0 Å². The van der Waals surface area contributed by atoms with Crippen molar-refractivity contribution in [3.05, 3.63) is 68.5 Å². The number of aromatic nitrogens is 3. The van der Waals surface area contributed by atoms with Gasteiger partial charge in [-0.25, -0.2) is 15.0 Å². The molecule has 5 N–H and O–H groups in total. The molecule has 2 aromatic heterocycles. The van der Waals surface area contributed by atoms with Gasteiger partial charge in [-0.2, -0.15) is 0 Å². The highest BCUT2D eigenvalue weighted by Crippen LogP contribution is 2.31. The molecule has 0 aliphatic carbocycles. The van der Waals surface area contributed by atoms with Crippen LogP contribution in [0.15, 0.2) is 47.6 Å². The van der Waals surface area contributed by atoms with Gasteiger partial charge in [0.1, 0.15) is 11.5 Å². The number of imidazole rings is 1. The number of nitro groups is 1. The number of nitrogens with two attached hydrogens (primary N) is 2. The summed E-state index contributed by atoms with van der Waals surface area (Å²) in [5, 5.41) is 16.1. The van der Waals surface area contributed by atoms with E-state index in [1.54, 1.807) is 22.6 Å². The van der Waals surface area contributed by atoms with Crippen LogP contribution in [0, 0.1) is 10.1 Å². The van der Waals surface area contributed by atoms with Gasteiger partial charge < -0.3 is 21.7 Å². The molecule has 1 aliphatic rings. The maximum absolute atomic E-state index is 11.9. The second-order valence-electron chi connectivity index (χ2n) is 8.54. The third-order valence-electron chi connectivity index (χ3n) is 5.68. The van der Waals surface area contributed by atoms with Gasteiger partial charge in [0.05, 0.1) is 16.4 Å². The molecule has 1 aliphatic heterocycles. The summed E-state index contributed by atoms with van der Waals surface area (Å²) in [6.07, 6.45) is 3.65. The van der Waals surface area contributed by atoms with Gasteiger partial charge in [-0.3, -0.25) is 14.5 Å². The van der Waals surface area contributed by atoms with E-state index in [1.807, 2.05) is 31.3 Å². The largest absolute Gasteiger partial charge is 0.384 e. The predicted molar refractivity (Wildman–Crippen MR) is 137 cm³/mol. The van der Waals surface area contributed by atoms with Crippen molar-refractivity contribution in [3.63, 3.8) is 0 Å². The Balaban J connectivity index is 1.69. The molecule has 35 heavy (non-hydrogen) atoms. The average molecular weight is 518 g/mol. The minimum Gasteiger partial charge on any atom is -0.384 e. The molecule has 1 aromatic carbocycles. The quantitative estimate of drug-likeness (QED) is 0.304. The third kappa shape index (κ3) is 5.08. The number of hydrogen-bond donors (Lipinski definition) is 3. The van der Waals surface area contributed by atoms with Gasteiger partial charge in [0.25, 0.3) is 5.54 Å². The van der Waals surface area contributed by atoms with Crippen molar-refractivity contribution in [2.75, 3.05) is 26.0 Å². The van der Waals surface area contributed by atoms with E-state index in [1.165, 1.54) is 12.2 Å². The molecule has 0 spiro atoms. The molecule has 2 unspecified atom stereocenters. The zero-order chi connectivity index (χ0) is 25.3. The first-order valence-corrected chi connectivity index (χ1v) is 11.5. The summed E-state index contributed by atoms with van der Waals surface area (Å²) in [4.78, 5) is 26.9. The number of hydrogen-bond acceptors (Lipinski definition) is 9. The minimum atomic E-state index is -1.59. The first-order valence-electron chi connectivity index (χ1n) is 10.7. The standard InChI is InChI=1S/C22H25Cl2N9O2/c1-31(2)11-14-12-32-19(28-14)10-17(15-4-3-13(23)9-16(15)24)29-21(32)27-8-7-22(33(34)35)6-5-18(25)30-20(22)26/h3-6,9-10,12,20H,7-8,11,26H2,1-2H3,(H2,25,30)(H,27,29). The van der Waals surface area contributed by atoms with Crippen LogP contribution in [-0.2, 0) is 6.54 Å². The summed E-state index contributed by atoms with van der Waals surface area (Å²) < 4.78 is 1.80. The Morgan fingerprint density at radius 2 is 2.06 bits per heavy atom. The lowest BCUT2D eigenvalue weighted by molar-refractivity contribution is -0.559. The van der Waals surface area contributed by atoms with Crippen LogP contribution in [0.4, 0.5) is 5.95 Å². The van der Waals surface area contributed by atoms with Crippen LogP contribution in [0.5, 0.6) is 0 Å². The van der Waals surface area contributed by atoms with Crippen LogP contribution in [0.25, 0.3) is 16.9 Å². The van der Waals surface area contributed by atoms with Crippen LogP contribution in [-0.4, -0.2) is 62.4 Å². The number of amidine groups is 1. The van der Waals surface area contributed by atoms with Crippen LogP contribution < -0.4 is 16.8 Å². The first kappa shape index (κ1) is 24.9. The zero-order valence-corrected chi connectivity index (χ0v) is 20.7. The second-order valence-corrected chi connectivity index (χ2v) is 9.39. The van der Waals surface area contributed by atoms with E-state index in [-0.39, 0.29) is 18.8 Å². The summed E-state index contributed by atoms with van der Waals surface area (Å²) in [6.45, 7) is 0.817. The van der Waals surface area contributed by atoms with Crippen LogP contribution >= 0.6 is 23.2 Å². The number of benzene rings is 1. The fourth-order valence-electron chi connectivity index (χ4n) is 3.91. The van der Waals surface area contributed by atoms with Gasteiger partial charge in [0.15, 0.2) is 6.17 Å². The normalized spacial score (nSPS) is 19.8. The molecule has 13 heteroatoms. The fourth-order valence-corrected chi connectivity index (χ4v) is 4.41. The lowest BCUT2D eigenvalue weighted by atomic mass is 9.90. The lowest BCUT2D eigenvalue weighted by Crippen LogP contribution is -2.54. The lowest BCUT2D eigenvalue weighted by Gasteiger charge is -2.28. The molecule has 0 radical (unpaired) electrons. The Labute approximate surface area is 211 Å². The van der Waals surface area contributed by atoms with Crippen LogP contribution in [0.1, 0.15) is 12.1 Å². The van der Waals surface area contributed by atoms with E-state index in [9.17, 15) is 10.1 Å². The molecule has 4 rings (SSSR count). The van der Waals surface area contributed by atoms with Gasteiger partial charge in [0, 0.05) is 47.3 Å². The zero-order valence-electron chi connectivity index (χ0n) is 19.2. The van der Waals surface area contributed by atoms with Crippen molar-refractivity contribution < 1.29 is 4.92 Å². The number of aliphatic imine (C=N–C) groups is 1. The number of rotatable bonds is 8. The highest BCUT2D eigenvalue weighted by atomic mass is 35.5. The number of nitrogens with one attached hydrogen (secondary N) is 1. The number of dihydropyridines is 1. The maximum atomic E-state index is 11.9. The van der Waals surface area contributed by atoms with Crippen molar-refractivity contribution in [1.29, 1.82) is 0 Å². The molecular weight excluding hydrogens is 493 g/mol. The van der Waals surface area contributed by atoms with Crippen molar-refractivity contribution in [1.82, 2.24) is 19.3 Å². The Hall–Kier alpha value is -3.25. The summed E-state index contributed by atoms with van der Waals surface area (Å²) in [6, 6.07) is 6.99. The molecule has 3 heterocycles. The van der Waals surface area contributed by atoms with Gasteiger partial charge in [-0.05, 0) is 44.4 Å². The molecule has 0 bridgehead atoms. The maximum Gasteiger partial charge on any atom is 0.277 e. The molecule has 0 amide bonds. The molecule has 0 fully saturated rings. The summed E-state index contributed by atoms with van der Waals surface area (Å²) in [5.41, 5.74) is 12.8. The van der Waals surface area contributed by atoms with Crippen LogP contribution in [0.2, 0.25) is 10.0 Å². The molecule has 184 valence electrons. The molecular formula is C22H25Cl2N9O2. The number of anilines is 1. The van der Waals surface area contributed by atoms with E-state index in [0.717, 1.165) is 5.69 Å². The van der Waals surface area contributed by atoms with E-state index >= 15 is 0 Å². The summed E-state index contributed by atoms with van der Waals surface area (Å²) >= 11 is 12.5. The summed E-state index contributed by atoms with van der Waals surface area (Å²) in [5.74, 6) is 0.613. The Morgan fingerprint density at radius 3 is 2.71 bits per heavy atom. The first-order chi connectivity index (χ1) is 16.6. The van der Waals surface area contributed by atoms with Gasteiger partial charge >= 0.3 is 0 Å². The van der Waals surface area contributed by atoms with E-state index < -0.39 is 16.6 Å². The average Bonchev–Trinajstić information content (AvgIpc) is 3.17. The van der Waals surface area contributed by atoms with Gasteiger partial charge in [0.2, 0.25) is 5.95 Å². The highest BCUT2D eigenvalue weighted by Gasteiger charge is 2.48. The number of halogens is 2. The topological polar surface area (TPSA) is 153 Å². The van der Waals surface area contributed by atoms with E-state index in [2.05, 4.69) is 10.3 Å². The molecule has 2 atom stereocenters. The predicted octanol–water partition coefficient (Wildman–Crippen LogP) is 2.79. The Morgan fingerprint density at radius 1 is 1.29 bits per heavy atom. The number of nitrogens with zero attached hydrogens (tertiary/aromatic N) is 6. The monoisotopic (exact) mass is 517 g/mol. The van der Waals surface area contributed by atoms with Crippen molar-refractivity contribution in [2.45, 2.75) is 24.7 Å². The molecule has 3 aromatic rings. The fraction of sp³-hybridized carbons (Fsp3) is 0.318. The van der Waals surface area contributed by atoms with Gasteiger partial charge in [-0.1, -0.05) is 23.2 Å². The van der Waals surface area contributed by atoms with Crippen molar-refractivity contribution in [3.8, 4) is 11.3 Å². The smallest absolute Gasteiger partial charge is 0.277 e. The molecule has 0 saturated carbocycles. The van der Waals surface area contributed by atoms with E-state index in [4.69, 9.17) is 44.6 Å². The number of fused-ring (bicyclic) bond motifs is 1. The van der Waals surface area contributed by atoms with Crippen LogP contribution in [0.3, 0.4) is 0 Å². The van der Waals surface area contributed by atoms with E-state index in [0.29, 0.717) is 39.4 Å². The minimum absolute atomic E-state index is 0.0583. The van der Waals surface area contributed by atoms with Crippen molar-refractivity contribution >= 4 is 40.6 Å². The summed E-state index contributed by atoms with van der Waals surface area (Å²) in [7, 11) is 3.90. The highest BCUT2D eigenvalue weighted by molar-refractivity contribution is 6.36. The Kier molecular flexibility index (Phi) is 6.95. The third-order valence-corrected chi connectivity index (χ3v) is 6.23. The van der Waals surface area contributed by atoms with Crippen molar-refractivity contribution in [2.24, 2.45) is 16.5 Å². The SMILES string of the molecule is CN(C)Cc1cn2c(NCCC3([N+](=O)[O-])C=CC(N)=NC3N)nc(-c3ccc(Cl)cc3Cl)cc2n1. The molecule has 11 nitrogen and oxygen atoms in total. The molecule has 0 saturated heterocycles.